The molecular formula is C12H18N2. The summed E-state index contributed by atoms with van der Waals surface area (Å²) in [5.41, 5.74) is 9.94. The lowest BCUT2D eigenvalue weighted by molar-refractivity contribution is 0.642. The van der Waals surface area contributed by atoms with Gasteiger partial charge in [-0.25, -0.2) is 0 Å². The summed E-state index contributed by atoms with van der Waals surface area (Å²) >= 11 is 0. The van der Waals surface area contributed by atoms with Crippen molar-refractivity contribution in [2.24, 2.45) is 5.73 Å². The number of hydrogen-bond donors (Lipinski definition) is 2. The van der Waals surface area contributed by atoms with Gasteiger partial charge >= 0.3 is 0 Å². The summed E-state index contributed by atoms with van der Waals surface area (Å²) < 4.78 is 0. The van der Waals surface area contributed by atoms with Gasteiger partial charge in [-0.05, 0) is 49.0 Å². The van der Waals surface area contributed by atoms with Gasteiger partial charge in [-0.3, -0.25) is 0 Å². The van der Waals surface area contributed by atoms with Gasteiger partial charge in [0.15, 0.2) is 0 Å². The fourth-order valence-electron chi connectivity index (χ4n) is 1.99. The van der Waals surface area contributed by atoms with Crippen molar-refractivity contribution in [3.8, 4) is 0 Å². The molecule has 0 fully saturated rings. The number of benzene rings is 1. The molecule has 0 spiro atoms. The van der Waals surface area contributed by atoms with E-state index in [2.05, 4.69) is 23.5 Å². The average molecular weight is 190 g/mol. The molecule has 76 valence electrons. The Balaban J connectivity index is 2.12. The van der Waals surface area contributed by atoms with Gasteiger partial charge in [-0.1, -0.05) is 18.2 Å². The second-order valence-corrected chi connectivity index (χ2v) is 3.92. The molecule has 2 heteroatoms. The molecule has 2 nitrogen and oxygen atoms in total. The monoisotopic (exact) mass is 190 g/mol. The van der Waals surface area contributed by atoms with Gasteiger partial charge < -0.3 is 11.1 Å². The number of nitrogens with one attached hydrogen (secondary N) is 1. The van der Waals surface area contributed by atoms with E-state index < -0.39 is 0 Å². The smallest absolute Gasteiger partial charge is 0.0208 e. The van der Waals surface area contributed by atoms with Crippen LogP contribution in [0.15, 0.2) is 18.2 Å². The van der Waals surface area contributed by atoms with E-state index in [1.807, 2.05) is 0 Å². The van der Waals surface area contributed by atoms with Gasteiger partial charge in [0.2, 0.25) is 0 Å². The van der Waals surface area contributed by atoms with E-state index in [-0.39, 0.29) is 0 Å². The van der Waals surface area contributed by atoms with Gasteiger partial charge in [0, 0.05) is 6.54 Å². The first-order chi connectivity index (χ1) is 6.90. The second kappa shape index (κ2) is 4.58. The zero-order valence-electron chi connectivity index (χ0n) is 8.55. The lowest BCUT2D eigenvalue weighted by Gasteiger charge is -2.17. The first-order valence-corrected chi connectivity index (χ1v) is 5.41. The van der Waals surface area contributed by atoms with Crippen molar-refractivity contribution in [3.05, 3.63) is 34.9 Å². The summed E-state index contributed by atoms with van der Waals surface area (Å²) in [6, 6.07) is 6.85. The quantitative estimate of drug-likeness (QED) is 0.752. The minimum absolute atomic E-state index is 0.790. The van der Waals surface area contributed by atoms with Crippen LogP contribution in [-0.4, -0.2) is 13.1 Å². The van der Waals surface area contributed by atoms with Crippen LogP contribution in [0.3, 0.4) is 0 Å². The van der Waals surface area contributed by atoms with Crippen LogP contribution < -0.4 is 11.1 Å². The molecule has 1 aliphatic heterocycles. The van der Waals surface area contributed by atoms with E-state index in [1.165, 1.54) is 23.1 Å². The Morgan fingerprint density at radius 1 is 1.29 bits per heavy atom. The third-order valence-electron chi connectivity index (χ3n) is 2.83. The second-order valence-electron chi connectivity index (χ2n) is 3.92. The van der Waals surface area contributed by atoms with E-state index in [9.17, 15) is 0 Å². The van der Waals surface area contributed by atoms with E-state index in [4.69, 9.17) is 5.73 Å². The van der Waals surface area contributed by atoms with E-state index in [0.29, 0.717) is 0 Å². The summed E-state index contributed by atoms with van der Waals surface area (Å²) in [6.45, 7) is 2.94. The van der Waals surface area contributed by atoms with Crippen molar-refractivity contribution < 1.29 is 0 Å². The Labute approximate surface area is 85.5 Å². The first kappa shape index (κ1) is 9.69. The zero-order valence-corrected chi connectivity index (χ0v) is 8.55. The van der Waals surface area contributed by atoms with Gasteiger partial charge in [-0.15, -0.1) is 0 Å². The first-order valence-electron chi connectivity index (χ1n) is 5.41. The van der Waals surface area contributed by atoms with Crippen LogP contribution in [0, 0.1) is 0 Å². The lowest BCUT2D eigenvalue weighted by Crippen LogP contribution is -2.23. The van der Waals surface area contributed by atoms with Crippen molar-refractivity contribution in [1.82, 2.24) is 5.32 Å². The van der Waals surface area contributed by atoms with Crippen LogP contribution in [-0.2, 0) is 19.4 Å². The third-order valence-corrected chi connectivity index (χ3v) is 2.83. The Kier molecular flexibility index (Phi) is 3.17. The number of rotatable bonds is 3. The molecule has 0 radical (unpaired) electrons. The topological polar surface area (TPSA) is 38.0 Å². The van der Waals surface area contributed by atoms with Crippen LogP contribution in [0.5, 0.6) is 0 Å². The minimum Gasteiger partial charge on any atom is -0.330 e. The molecule has 14 heavy (non-hydrogen) atoms. The Bertz CT molecular complexity index is 307. The molecule has 0 amide bonds. The molecule has 1 aliphatic rings. The molecule has 0 aromatic heterocycles. The van der Waals surface area contributed by atoms with Crippen molar-refractivity contribution in [2.75, 3.05) is 13.1 Å². The predicted octanol–water partition coefficient (Wildman–Crippen LogP) is 1.22. The van der Waals surface area contributed by atoms with E-state index >= 15 is 0 Å². The van der Waals surface area contributed by atoms with Crippen molar-refractivity contribution in [2.45, 2.75) is 25.8 Å². The highest BCUT2D eigenvalue weighted by Crippen LogP contribution is 2.16. The highest BCUT2D eigenvalue weighted by atomic mass is 14.9. The summed E-state index contributed by atoms with van der Waals surface area (Å²) in [4.78, 5) is 0. The van der Waals surface area contributed by atoms with Crippen molar-refractivity contribution in [3.63, 3.8) is 0 Å². The number of hydrogen-bond acceptors (Lipinski definition) is 2. The number of nitrogens with two attached hydrogens (primary N) is 1. The maximum Gasteiger partial charge on any atom is 0.0208 e. The third kappa shape index (κ3) is 2.14. The van der Waals surface area contributed by atoms with Crippen LogP contribution in [0.25, 0.3) is 0 Å². The van der Waals surface area contributed by atoms with Crippen LogP contribution in [0.2, 0.25) is 0 Å². The van der Waals surface area contributed by atoms with Crippen LogP contribution >= 0.6 is 0 Å². The SMILES string of the molecule is NCCCc1ccc2c(c1)CCNC2. The van der Waals surface area contributed by atoms with Gasteiger partial charge in [0.25, 0.3) is 0 Å². The van der Waals surface area contributed by atoms with Crippen molar-refractivity contribution >= 4 is 0 Å². The molecule has 0 aliphatic carbocycles. The maximum atomic E-state index is 5.50. The van der Waals surface area contributed by atoms with Crippen LogP contribution in [0.4, 0.5) is 0 Å². The maximum absolute atomic E-state index is 5.50. The summed E-state index contributed by atoms with van der Waals surface area (Å²) in [7, 11) is 0. The van der Waals surface area contributed by atoms with Gasteiger partial charge in [0.1, 0.15) is 0 Å². The molecule has 0 bridgehead atoms. The molecular weight excluding hydrogens is 172 g/mol. The standard InChI is InChI=1S/C12H18N2/c13-6-1-2-10-3-4-12-9-14-7-5-11(12)8-10/h3-4,8,14H,1-2,5-7,9,13H2. The van der Waals surface area contributed by atoms with Crippen molar-refractivity contribution in [1.29, 1.82) is 0 Å². The fraction of sp³-hybridized carbons (Fsp3) is 0.500. The Hall–Kier alpha value is -0.860. The van der Waals surface area contributed by atoms with Gasteiger partial charge in [-0.2, -0.15) is 0 Å². The highest BCUT2D eigenvalue weighted by Gasteiger charge is 2.08. The molecule has 1 aromatic carbocycles. The normalized spacial score (nSPS) is 15.2. The largest absolute Gasteiger partial charge is 0.330 e. The molecule has 0 saturated heterocycles. The lowest BCUT2D eigenvalue weighted by atomic mass is 9.97. The Morgan fingerprint density at radius 3 is 3.07 bits per heavy atom. The molecule has 3 N–H and O–H groups in total. The average Bonchev–Trinajstić information content (AvgIpc) is 2.26. The summed E-state index contributed by atoms with van der Waals surface area (Å²) in [5.74, 6) is 0. The molecule has 0 atom stereocenters. The van der Waals surface area contributed by atoms with E-state index in [1.54, 1.807) is 0 Å². The highest BCUT2D eigenvalue weighted by molar-refractivity contribution is 5.33. The van der Waals surface area contributed by atoms with Crippen LogP contribution in [0.1, 0.15) is 23.1 Å². The predicted molar refractivity (Wildman–Crippen MR) is 59.2 cm³/mol. The number of aryl methyl sites for hydroxylation is 1. The number of fused-ring (bicyclic) bond motifs is 1. The fourth-order valence-corrected chi connectivity index (χ4v) is 1.99. The minimum atomic E-state index is 0.790. The summed E-state index contributed by atoms with van der Waals surface area (Å²) in [6.07, 6.45) is 3.39. The molecule has 0 saturated carbocycles. The van der Waals surface area contributed by atoms with Gasteiger partial charge in [0.05, 0.1) is 0 Å². The Morgan fingerprint density at radius 2 is 2.21 bits per heavy atom. The summed E-state index contributed by atoms with van der Waals surface area (Å²) in [5, 5.41) is 3.38. The molecule has 2 rings (SSSR count). The van der Waals surface area contributed by atoms with E-state index in [0.717, 1.165) is 32.5 Å². The molecule has 1 heterocycles. The zero-order chi connectivity index (χ0) is 9.80. The molecule has 1 aromatic rings. The molecule has 0 unspecified atom stereocenters.